The Hall–Kier alpha value is -4.97. The van der Waals surface area contributed by atoms with Gasteiger partial charge in [0.25, 0.3) is 5.56 Å². The van der Waals surface area contributed by atoms with Crippen LogP contribution in [0, 0.1) is 0 Å². The maximum atomic E-state index is 13.7. The number of aliphatic hydroxyl groups excluding tert-OH is 5. The van der Waals surface area contributed by atoms with E-state index in [9.17, 15) is 35.1 Å². The number of pyridine rings is 2. The van der Waals surface area contributed by atoms with Crippen LogP contribution in [-0.2, 0) is 40.4 Å². The molecule has 6 atom stereocenters. The lowest BCUT2D eigenvalue weighted by Crippen LogP contribution is -2.60. The molecule has 4 aliphatic heterocycles. The second-order valence-electron chi connectivity index (χ2n) is 13.8. The Kier molecular flexibility index (Phi) is 9.58. The maximum Gasteiger partial charge on any atom is 0.340 e. The van der Waals surface area contributed by atoms with Gasteiger partial charge in [0.2, 0.25) is 18.8 Å². The molecule has 1 fully saturated rings. The molecule has 0 spiro atoms. The van der Waals surface area contributed by atoms with Crippen LogP contribution in [0.3, 0.4) is 0 Å². The fourth-order valence-corrected chi connectivity index (χ4v) is 7.58. The zero-order valence-corrected chi connectivity index (χ0v) is 29.6. The smallest absolute Gasteiger partial charge is 0.340 e. The molecule has 8 rings (SSSR count). The summed E-state index contributed by atoms with van der Waals surface area (Å²) in [5.74, 6) is 0.795. The third kappa shape index (κ3) is 5.99. The van der Waals surface area contributed by atoms with Gasteiger partial charge in [0.1, 0.15) is 43.4 Å². The first kappa shape index (κ1) is 36.0. The summed E-state index contributed by atoms with van der Waals surface area (Å²) in [4.78, 5) is 31.0. The van der Waals surface area contributed by atoms with Crippen molar-refractivity contribution in [1.82, 2.24) is 9.55 Å². The first-order valence-corrected chi connectivity index (χ1v) is 17.9. The van der Waals surface area contributed by atoms with E-state index in [0.717, 1.165) is 41.3 Å². The van der Waals surface area contributed by atoms with E-state index in [4.69, 9.17) is 33.4 Å². The Morgan fingerprint density at radius 3 is 2.61 bits per heavy atom. The Morgan fingerprint density at radius 2 is 1.83 bits per heavy atom. The molecule has 4 aromatic rings. The number of carbonyl (C=O) groups excluding carboxylic acids is 1. The highest BCUT2D eigenvalue weighted by Crippen LogP contribution is 2.50. The Labute approximate surface area is 308 Å². The summed E-state index contributed by atoms with van der Waals surface area (Å²) in [5, 5.41) is 54.9. The summed E-state index contributed by atoms with van der Waals surface area (Å²) < 4.78 is 36.5. The first-order valence-electron chi connectivity index (χ1n) is 17.9. The van der Waals surface area contributed by atoms with Gasteiger partial charge in [-0.1, -0.05) is 25.8 Å². The molecule has 4 aliphatic rings. The predicted molar refractivity (Wildman–Crippen MR) is 189 cm³/mol. The van der Waals surface area contributed by atoms with Gasteiger partial charge in [-0.05, 0) is 42.2 Å². The molecule has 54 heavy (non-hydrogen) atoms. The largest absolute Gasteiger partial charge is 0.484 e. The Morgan fingerprint density at radius 1 is 1.00 bits per heavy atom. The monoisotopic (exact) mass is 747 g/mol. The SMILES string of the molecule is CCCCCc1c2c(nc3cc4c(c(OCc5ccc(O[C@H]6OC(CO)[C@@H](O)C(O)C6O)c(NC)c5)c13)OCO4)-c1cc3c(c(=O)n1C2)COC(=O)C3O. The fraction of sp³-hybridized carbons (Fsp3) is 0.447. The minimum absolute atomic E-state index is 0.0147. The van der Waals surface area contributed by atoms with E-state index in [1.165, 1.54) is 0 Å². The van der Waals surface area contributed by atoms with Crippen molar-refractivity contribution in [2.45, 2.75) is 89.2 Å². The third-order valence-electron chi connectivity index (χ3n) is 10.5. The van der Waals surface area contributed by atoms with Crippen molar-refractivity contribution in [3.05, 3.63) is 68.5 Å². The van der Waals surface area contributed by atoms with E-state index in [1.807, 2.05) is 0 Å². The molecule has 4 unspecified atom stereocenters. The van der Waals surface area contributed by atoms with Crippen LogP contribution in [0.2, 0.25) is 0 Å². The topological polar surface area (TPSA) is 221 Å². The number of rotatable bonds is 11. The lowest BCUT2D eigenvalue weighted by molar-refractivity contribution is -0.277. The molecule has 2 aromatic carbocycles. The summed E-state index contributed by atoms with van der Waals surface area (Å²) >= 11 is 0. The lowest BCUT2D eigenvalue weighted by Gasteiger charge is -2.39. The number of aryl methyl sites for hydroxylation is 1. The van der Waals surface area contributed by atoms with Crippen molar-refractivity contribution in [2.24, 2.45) is 0 Å². The highest BCUT2D eigenvalue weighted by molar-refractivity contribution is 5.96. The predicted octanol–water partition coefficient (Wildman–Crippen LogP) is 1.78. The van der Waals surface area contributed by atoms with Gasteiger partial charge in [0.15, 0.2) is 17.6 Å². The number of cyclic esters (lactones) is 1. The number of nitrogens with one attached hydrogen (secondary N) is 1. The van der Waals surface area contributed by atoms with Crippen LogP contribution in [0.5, 0.6) is 23.0 Å². The molecule has 286 valence electrons. The molecule has 0 aliphatic carbocycles. The molecule has 6 N–H and O–H groups in total. The molecule has 16 nitrogen and oxygen atoms in total. The molecule has 2 aromatic heterocycles. The van der Waals surface area contributed by atoms with Crippen LogP contribution in [0.4, 0.5) is 5.69 Å². The zero-order valence-electron chi connectivity index (χ0n) is 29.6. The number of ether oxygens (including phenoxy) is 6. The quantitative estimate of drug-likeness (QED) is 0.0838. The number of carbonyl (C=O) groups is 1. The highest BCUT2D eigenvalue weighted by Gasteiger charge is 2.45. The summed E-state index contributed by atoms with van der Waals surface area (Å²) in [5.41, 5.74) is 4.81. The number of nitrogens with zero attached hydrogens (tertiary/aromatic N) is 2. The van der Waals surface area contributed by atoms with E-state index in [0.29, 0.717) is 46.3 Å². The van der Waals surface area contributed by atoms with Crippen LogP contribution >= 0.6 is 0 Å². The molecule has 0 bridgehead atoms. The van der Waals surface area contributed by atoms with Gasteiger partial charge in [0.05, 0.1) is 46.7 Å². The Bertz CT molecular complexity index is 2190. The number of hydrogen-bond acceptors (Lipinski definition) is 15. The van der Waals surface area contributed by atoms with Crippen LogP contribution in [0.15, 0.2) is 35.1 Å². The second-order valence-corrected chi connectivity index (χ2v) is 13.8. The van der Waals surface area contributed by atoms with E-state index in [-0.39, 0.29) is 49.0 Å². The van der Waals surface area contributed by atoms with Gasteiger partial charge in [-0.15, -0.1) is 0 Å². The minimum atomic E-state index is -1.59. The van der Waals surface area contributed by atoms with Crippen molar-refractivity contribution >= 4 is 22.6 Å². The van der Waals surface area contributed by atoms with E-state index in [1.54, 1.807) is 41.9 Å². The number of anilines is 1. The molecule has 0 amide bonds. The molecular weight excluding hydrogens is 706 g/mol. The van der Waals surface area contributed by atoms with Crippen LogP contribution in [-0.4, -0.2) is 92.2 Å². The van der Waals surface area contributed by atoms with Gasteiger partial charge in [-0.3, -0.25) is 4.79 Å². The lowest BCUT2D eigenvalue weighted by atomic mass is 9.94. The van der Waals surface area contributed by atoms with E-state index < -0.39 is 49.4 Å². The maximum absolute atomic E-state index is 13.7. The molecular formula is C38H41N3O13. The number of benzene rings is 2. The van der Waals surface area contributed by atoms with Gasteiger partial charge < -0.3 is 63.8 Å². The number of fused-ring (bicyclic) bond motifs is 6. The van der Waals surface area contributed by atoms with Gasteiger partial charge in [0, 0.05) is 24.2 Å². The first-order chi connectivity index (χ1) is 26.1. The number of aliphatic hydroxyl groups is 5. The Balaban J connectivity index is 1.16. The number of esters is 1. The van der Waals surface area contributed by atoms with E-state index >= 15 is 0 Å². The van der Waals surface area contributed by atoms with Gasteiger partial charge in [-0.25, -0.2) is 9.78 Å². The van der Waals surface area contributed by atoms with E-state index in [2.05, 4.69) is 12.2 Å². The standard InChI is InChI=1S/C38H41N3O13/c1-3-4-5-6-18-20-12-41-24(10-19-21(36(41)47)15-50-37(48)30(19)43)29(20)40-23-11-26-34(52-16-51-26)35(28(18)23)49-14-17-7-8-25(22(9-17)39-2)53-38-33(46)32(45)31(44)27(13-42)54-38/h7-11,27,30-33,38-39,42-46H,3-6,12-16H2,1-2H3/t27?,30?,31-,32?,33?,38+/m1/s1. The van der Waals surface area contributed by atoms with Crippen LogP contribution < -0.4 is 29.8 Å². The second kappa shape index (κ2) is 14.4. The van der Waals surface area contributed by atoms with Gasteiger partial charge in [-0.2, -0.15) is 0 Å². The normalized spacial score (nSPS) is 23.8. The summed E-state index contributed by atoms with van der Waals surface area (Å²) in [7, 11) is 1.68. The average Bonchev–Trinajstić information content (AvgIpc) is 3.80. The molecule has 16 heteroatoms. The average molecular weight is 748 g/mol. The third-order valence-corrected chi connectivity index (χ3v) is 10.5. The molecule has 1 saturated heterocycles. The minimum Gasteiger partial charge on any atom is -0.484 e. The van der Waals surface area contributed by atoms with Crippen molar-refractivity contribution in [1.29, 1.82) is 0 Å². The van der Waals surface area contributed by atoms with Gasteiger partial charge >= 0.3 is 5.97 Å². The highest BCUT2D eigenvalue weighted by atomic mass is 16.7. The number of hydrogen-bond donors (Lipinski definition) is 6. The van der Waals surface area contributed by atoms with Crippen molar-refractivity contribution < 1.29 is 58.7 Å². The van der Waals surface area contributed by atoms with Crippen molar-refractivity contribution in [2.75, 3.05) is 25.8 Å². The fourth-order valence-electron chi connectivity index (χ4n) is 7.58. The summed E-state index contributed by atoms with van der Waals surface area (Å²) in [6, 6.07) is 8.65. The number of unbranched alkanes of at least 4 members (excludes halogenated alkanes) is 2. The van der Waals surface area contributed by atoms with Crippen molar-refractivity contribution in [3.63, 3.8) is 0 Å². The molecule has 0 radical (unpaired) electrons. The van der Waals surface area contributed by atoms with Crippen molar-refractivity contribution in [3.8, 4) is 34.4 Å². The molecule has 0 saturated carbocycles. The van der Waals surface area contributed by atoms with Crippen LogP contribution in [0.25, 0.3) is 22.3 Å². The summed E-state index contributed by atoms with van der Waals surface area (Å²) in [6.45, 7) is 1.62. The van der Waals surface area contributed by atoms with Crippen LogP contribution in [0.1, 0.15) is 60.1 Å². The zero-order chi connectivity index (χ0) is 37.8. The molecule has 6 heterocycles. The number of aromatic nitrogens is 2. The summed E-state index contributed by atoms with van der Waals surface area (Å²) in [6.07, 6.45) is -5.24.